The number of pyridine rings is 1. The van der Waals surface area contributed by atoms with Crippen molar-refractivity contribution in [3.05, 3.63) is 48.6 Å². The maximum Gasteiger partial charge on any atom is 0.360 e. The van der Waals surface area contributed by atoms with Crippen LogP contribution in [0.4, 0.5) is 5.82 Å². The molecule has 0 fully saturated rings. The summed E-state index contributed by atoms with van der Waals surface area (Å²) in [7, 11) is -0.723. The van der Waals surface area contributed by atoms with Crippen molar-refractivity contribution in [2.45, 2.75) is 5.78 Å². The van der Waals surface area contributed by atoms with Crippen LogP contribution in [0, 0.1) is 0 Å². The van der Waals surface area contributed by atoms with Crippen LogP contribution < -0.4 is 5.32 Å². The molecular formula is C12H15N2O4P. The SMILES string of the molecule is COP(=O)(OC)C(Nc1ccccn1)c1ccco1. The molecule has 6 nitrogen and oxygen atoms in total. The standard InChI is InChI=1S/C12H15N2O4P/c1-16-19(15,17-2)12(10-6-5-9-18-10)14-11-7-3-4-8-13-11/h3-9,12H,1-2H3,(H,13,14). The number of nitrogens with zero attached hydrogens (tertiary/aromatic N) is 1. The van der Waals surface area contributed by atoms with Crippen LogP contribution in [0.25, 0.3) is 0 Å². The van der Waals surface area contributed by atoms with Gasteiger partial charge in [0, 0.05) is 20.4 Å². The average Bonchev–Trinajstić information content (AvgIpc) is 2.99. The van der Waals surface area contributed by atoms with Gasteiger partial charge >= 0.3 is 7.60 Å². The number of hydrogen-bond acceptors (Lipinski definition) is 6. The van der Waals surface area contributed by atoms with Gasteiger partial charge in [-0.25, -0.2) is 4.98 Å². The summed E-state index contributed by atoms with van der Waals surface area (Å²) in [5.41, 5.74) is 0. The minimum absolute atomic E-state index is 0.456. The van der Waals surface area contributed by atoms with Crippen molar-refractivity contribution in [1.82, 2.24) is 4.98 Å². The van der Waals surface area contributed by atoms with E-state index in [4.69, 9.17) is 13.5 Å². The molecule has 2 rings (SSSR count). The minimum Gasteiger partial charge on any atom is -0.466 e. The van der Waals surface area contributed by atoms with E-state index < -0.39 is 13.4 Å². The number of rotatable bonds is 6. The molecule has 1 atom stereocenters. The summed E-state index contributed by atoms with van der Waals surface area (Å²) < 4.78 is 27.9. The van der Waals surface area contributed by atoms with Crippen molar-refractivity contribution >= 4 is 13.4 Å². The molecule has 0 aromatic carbocycles. The van der Waals surface area contributed by atoms with Gasteiger partial charge in [-0.1, -0.05) is 6.07 Å². The molecule has 0 amide bonds. The molecule has 0 radical (unpaired) electrons. The highest BCUT2D eigenvalue weighted by molar-refractivity contribution is 7.54. The first kappa shape index (κ1) is 13.8. The van der Waals surface area contributed by atoms with Crippen LogP contribution in [-0.2, 0) is 13.6 Å². The minimum atomic E-state index is -3.39. The Bertz CT molecular complexity index is 536. The van der Waals surface area contributed by atoms with Crippen molar-refractivity contribution < 1.29 is 18.0 Å². The van der Waals surface area contributed by atoms with Gasteiger partial charge in [0.05, 0.1) is 6.26 Å². The first-order valence-electron chi connectivity index (χ1n) is 5.62. The average molecular weight is 282 g/mol. The van der Waals surface area contributed by atoms with E-state index in [0.29, 0.717) is 11.6 Å². The maximum atomic E-state index is 12.6. The zero-order chi connectivity index (χ0) is 13.7. The lowest BCUT2D eigenvalue weighted by molar-refractivity contribution is 0.264. The van der Waals surface area contributed by atoms with Crippen molar-refractivity contribution in [3.63, 3.8) is 0 Å². The highest BCUT2D eigenvalue weighted by atomic mass is 31.2. The summed E-state index contributed by atoms with van der Waals surface area (Å²) >= 11 is 0. The molecule has 2 aromatic rings. The summed E-state index contributed by atoms with van der Waals surface area (Å²) in [6, 6.07) is 8.77. The fourth-order valence-electron chi connectivity index (χ4n) is 1.63. The van der Waals surface area contributed by atoms with E-state index in [1.165, 1.54) is 20.5 Å². The number of nitrogens with one attached hydrogen (secondary N) is 1. The third-order valence-electron chi connectivity index (χ3n) is 2.59. The smallest absolute Gasteiger partial charge is 0.360 e. The molecule has 1 N–H and O–H groups in total. The molecule has 0 bridgehead atoms. The molecule has 19 heavy (non-hydrogen) atoms. The number of anilines is 1. The van der Waals surface area contributed by atoms with Crippen LogP contribution in [-0.4, -0.2) is 19.2 Å². The van der Waals surface area contributed by atoms with Gasteiger partial charge in [0.1, 0.15) is 11.6 Å². The van der Waals surface area contributed by atoms with Gasteiger partial charge in [-0.2, -0.15) is 0 Å². The Morgan fingerprint density at radius 3 is 2.58 bits per heavy atom. The fourth-order valence-corrected chi connectivity index (χ4v) is 2.95. The second-order valence-corrected chi connectivity index (χ2v) is 6.01. The van der Waals surface area contributed by atoms with Gasteiger partial charge in [0.2, 0.25) is 0 Å². The normalized spacial score (nSPS) is 13.2. The quantitative estimate of drug-likeness (QED) is 0.820. The monoisotopic (exact) mass is 282 g/mol. The van der Waals surface area contributed by atoms with Gasteiger partial charge in [0.15, 0.2) is 5.78 Å². The first-order valence-corrected chi connectivity index (χ1v) is 7.23. The molecule has 0 aliphatic carbocycles. The van der Waals surface area contributed by atoms with Crippen LogP contribution in [0.3, 0.4) is 0 Å². The van der Waals surface area contributed by atoms with Crippen LogP contribution in [0.1, 0.15) is 11.5 Å². The van der Waals surface area contributed by atoms with E-state index in [9.17, 15) is 4.57 Å². The maximum absolute atomic E-state index is 12.6. The molecule has 0 saturated heterocycles. The highest BCUT2D eigenvalue weighted by Crippen LogP contribution is 2.59. The van der Waals surface area contributed by atoms with Gasteiger partial charge in [0.25, 0.3) is 0 Å². The van der Waals surface area contributed by atoms with Gasteiger partial charge in [-0.05, 0) is 24.3 Å². The van der Waals surface area contributed by atoms with E-state index in [2.05, 4.69) is 10.3 Å². The van der Waals surface area contributed by atoms with Crippen molar-refractivity contribution in [2.24, 2.45) is 0 Å². The molecule has 2 aromatic heterocycles. The second kappa shape index (κ2) is 6.02. The molecule has 102 valence electrons. The molecule has 0 aliphatic heterocycles. The van der Waals surface area contributed by atoms with Crippen LogP contribution >= 0.6 is 7.60 Å². The summed E-state index contributed by atoms with van der Waals surface area (Å²) in [5, 5.41) is 3.01. The molecule has 0 aliphatic rings. The van der Waals surface area contributed by atoms with Crippen LogP contribution in [0.15, 0.2) is 47.2 Å². The van der Waals surface area contributed by atoms with E-state index in [1.54, 1.807) is 30.5 Å². The Hall–Kier alpha value is -1.62. The third-order valence-corrected chi connectivity index (χ3v) is 4.62. The molecular weight excluding hydrogens is 267 g/mol. The second-order valence-electron chi connectivity index (χ2n) is 3.68. The molecule has 2 heterocycles. The van der Waals surface area contributed by atoms with Gasteiger partial charge < -0.3 is 18.8 Å². The first-order chi connectivity index (χ1) is 9.19. The summed E-state index contributed by atoms with van der Waals surface area (Å²) in [4.78, 5) is 4.13. The predicted molar refractivity (Wildman–Crippen MR) is 70.9 cm³/mol. The topological polar surface area (TPSA) is 73.6 Å². The van der Waals surface area contributed by atoms with E-state index in [-0.39, 0.29) is 0 Å². The number of furan rings is 1. The largest absolute Gasteiger partial charge is 0.466 e. The van der Waals surface area contributed by atoms with E-state index in [0.717, 1.165) is 0 Å². The van der Waals surface area contributed by atoms with Crippen molar-refractivity contribution in [2.75, 3.05) is 19.5 Å². The molecule has 7 heteroatoms. The lowest BCUT2D eigenvalue weighted by Gasteiger charge is -2.23. The number of hydrogen-bond donors (Lipinski definition) is 1. The van der Waals surface area contributed by atoms with Gasteiger partial charge in [-0.3, -0.25) is 4.57 Å². The van der Waals surface area contributed by atoms with Gasteiger partial charge in [-0.15, -0.1) is 0 Å². The van der Waals surface area contributed by atoms with Crippen LogP contribution in [0.5, 0.6) is 0 Å². The Morgan fingerprint density at radius 1 is 1.26 bits per heavy atom. The zero-order valence-corrected chi connectivity index (χ0v) is 11.5. The Kier molecular flexibility index (Phi) is 4.37. The highest BCUT2D eigenvalue weighted by Gasteiger charge is 2.37. The lowest BCUT2D eigenvalue weighted by Crippen LogP contribution is -2.13. The van der Waals surface area contributed by atoms with Crippen molar-refractivity contribution in [3.8, 4) is 0 Å². The lowest BCUT2D eigenvalue weighted by atomic mass is 10.4. The zero-order valence-electron chi connectivity index (χ0n) is 10.6. The molecule has 0 saturated carbocycles. The Morgan fingerprint density at radius 2 is 2.05 bits per heavy atom. The summed E-state index contributed by atoms with van der Waals surface area (Å²) in [5.74, 6) is 0.253. The third kappa shape index (κ3) is 3.04. The number of aromatic nitrogens is 1. The van der Waals surface area contributed by atoms with Crippen LogP contribution in [0.2, 0.25) is 0 Å². The van der Waals surface area contributed by atoms with E-state index in [1.807, 2.05) is 6.07 Å². The summed E-state index contributed by atoms with van der Waals surface area (Å²) in [6.45, 7) is 0. The summed E-state index contributed by atoms with van der Waals surface area (Å²) in [6.07, 6.45) is 3.13. The molecule has 0 spiro atoms. The van der Waals surface area contributed by atoms with E-state index >= 15 is 0 Å². The molecule has 1 unspecified atom stereocenters. The predicted octanol–water partition coefficient (Wildman–Crippen LogP) is 3.27. The Balaban J connectivity index is 2.33. The fraction of sp³-hybridized carbons (Fsp3) is 0.250. The Labute approximate surface area is 111 Å². The van der Waals surface area contributed by atoms with Crippen molar-refractivity contribution in [1.29, 1.82) is 0 Å².